The Morgan fingerprint density at radius 1 is 1.11 bits per heavy atom. The number of benzene rings is 1. The summed E-state index contributed by atoms with van der Waals surface area (Å²) in [6, 6.07) is 6.21. The van der Waals surface area contributed by atoms with Gasteiger partial charge in [-0.15, -0.1) is 0 Å². The average Bonchev–Trinajstić information content (AvgIpc) is 2.48. The predicted octanol–water partition coefficient (Wildman–Crippen LogP) is 2.90. The molecule has 1 aliphatic heterocycles. The molecule has 0 amide bonds. The lowest BCUT2D eigenvalue weighted by Crippen LogP contribution is -2.23. The van der Waals surface area contributed by atoms with E-state index < -0.39 is 0 Å². The molecule has 1 aromatic rings. The van der Waals surface area contributed by atoms with Crippen LogP contribution in [0, 0.1) is 5.92 Å². The van der Waals surface area contributed by atoms with Gasteiger partial charge < -0.3 is 14.8 Å². The van der Waals surface area contributed by atoms with Crippen molar-refractivity contribution in [3.8, 4) is 11.5 Å². The van der Waals surface area contributed by atoms with Gasteiger partial charge in [-0.3, -0.25) is 0 Å². The zero-order valence-electron chi connectivity index (χ0n) is 11.2. The van der Waals surface area contributed by atoms with Crippen LogP contribution in [0.2, 0.25) is 0 Å². The zero-order valence-corrected chi connectivity index (χ0v) is 11.2. The van der Waals surface area contributed by atoms with Crippen LogP contribution >= 0.6 is 0 Å². The molecule has 3 heteroatoms. The van der Waals surface area contributed by atoms with Crippen LogP contribution in [0.3, 0.4) is 0 Å². The van der Waals surface area contributed by atoms with Crippen molar-refractivity contribution in [1.82, 2.24) is 5.32 Å². The maximum Gasteiger partial charge on any atom is 0.161 e. The van der Waals surface area contributed by atoms with Crippen molar-refractivity contribution in [2.24, 2.45) is 5.92 Å². The van der Waals surface area contributed by atoms with E-state index in [9.17, 15) is 0 Å². The van der Waals surface area contributed by atoms with Gasteiger partial charge >= 0.3 is 0 Å². The highest BCUT2D eigenvalue weighted by molar-refractivity contribution is 5.43. The van der Waals surface area contributed by atoms with Crippen LogP contribution in [-0.2, 0) is 6.54 Å². The molecule has 102 valence electrons. The van der Waals surface area contributed by atoms with Gasteiger partial charge in [0.2, 0.25) is 0 Å². The molecule has 0 fully saturated rings. The molecule has 3 nitrogen and oxygen atoms in total. The van der Waals surface area contributed by atoms with Crippen molar-refractivity contribution in [3.63, 3.8) is 0 Å². The number of rotatable bonds is 4. The van der Waals surface area contributed by atoms with E-state index in [-0.39, 0.29) is 0 Å². The number of ether oxygens (including phenoxy) is 2. The Balaban J connectivity index is 1.51. The average molecular weight is 259 g/mol. The molecule has 3 rings (SSSR count). The Hall–Kier alpha value is -1.48. The van der Waals surface area contributed by atoms with Gasteiger partial charge in [0.05, 0.1) is 0 Å². The summed E-state index contributed by atoms with van der Waals surface area (Å²) < 4.78 is 11.1. The molecule has 1 unspecified atom stereocenters. The summed E-state index contributed by atoms with van der Waals surface area (Å²) in [7, 11) is 0. The molecular weight excluding hydrogens is 238 g/mol. The SMILES string of the molecule is C1=CCC(CNCc2ccc3c(c2)OCCO3)CC1. The second-order valence-electron chi connectivity index (χ2n) is 5.26. The molecule has 0 aromatic heterocycles. The topological polar surface area (TPSA) is 30.5 Å². The predicted molar refractivity (Wildman–Crippen MR) is 75.6 cm³/mol. The fourth-order valence-corrected chi connectivity index (χ4v) is 2.66. The third-order valence-electron chi connectivity index (χ3n) is 3.75. The third-order valence-corrected chi connectivity index (χ3v) is 3.75. The molecule has 1 aliphatic carbocycles. The Morgan fingerprint density at radius 3 is 2.84 bits per heavy atom. The van der Waals surface area contributed by atoms with E-state index in [2.05, 4.69) is 29.6 Å². The normalized spacial score (nSPS) is 21.4. The molecule has 2 aliphatic rings. The van der Waals surface area contributed by atoms with Gasteiger partial charge in [0.15, 0.2) is 11.5 Å². The first-order valence-corrected chi connectivity index (χ1v) is 7.16. The summed E-state index contributed by atoms with van der Waals surface area (Å²) in [5, 5.41) is 3.55. The number of nitrogens with one attached hydrogen (secondary N) is 1. The van der Waals surface area contributed by atoms with E-state index >= 15 is 0 Å². The second kappa shape index (κ2) is 6.11. The van der Waals surface area contributed by atoms with E-state index in [1.807, 2.05) is 6.07 Å². The van der Waals surface area contributed by atoms with Gasteiger partial charge in [-0.1, -0.05) is 18.2 Å². The Morgan fingerprint density at radius 2 is 2.00 bits per heavy atom. The van der Waals surface area contributed by atoms with E-state index in [1.54, 1.807) is 0 Å². The lowest BCUT2D eigenvalue weighted by molar-refractivity contribution is 0.171. The Bertz CT molecular complexity index is 456. The standard InChI is InChI=1S/C16H21NO2/c1-2-4-13(5-3-1)11-17-12-14-6-7-15-16(10-14)19-9-8-18-15/h1-2,6-7,10,13,17H,3-5,8-9,11-12H2. The van der Waals surface area contributed by atoms with Crippen LogP contribution < -0.4 is 14.8 Å². The molecule has 1 heterocycles. The van der Waals surface area contributed by atoms with Gasteiger partial charge in [0.25, 0.3) is 0 Å². The fraction of sp³-hybridized carbons (Fsp3) is 0.500. The van der Waals surface area contributed by atoms with Crippen molar-refractivity contribution in [2.75, 3.05) is 19.8 Å². The number of hydrogen-bond acceptors (Lipinski definition) is 3. The van der Waals surface area contributed by atoms with E-state index in [1.165, 1.54) is 24.8 Å². The third kappa shape index (κ3) is 3.29. The molecule has 19 heavy (non-hydrogen) atoms. The quantitative estimate of drug-likeness (QED) is 0.843. The van der Waals surface area contributed by atoms with Crippen molar-refractivity contribution < 1.29 is 9.47 Å². The number of hydrogen-bond donors (Lipinski definition) is 1. The molecule has 1 N–H and O–H groups in total. The smallest absolute Gasteiger partial charge is 0.161 e. The van der Waals surface area contributed by atoms with Crippen LogP contribution in [0.15, 0.2) is 30.4 Å². The Labute approximate surface area is 114 Å². The first kappa shape index (κ1) is 12.5. The van der Waals surface area contributed by atoms with E-state index in [4.69, 9.17) is 9.47 Å². The summed E-state index contributed by atoms with van der Waals surface area (Å²) in [5.74, 6) is 2.54. The van der Waals surface area contributed by atoms with Crippen molar-refractivity contribution in [1.29, 1.82) is 0 Å². The molecular formula is C16H21NO2. The van der Waals surface area contributed by atoms with Gasteiger partial charge in [-0.2, -0.15) is 0 Å². The van der Waals surface area contributed by atoms with Gasteiger partial charge in [0.1, 0.15) is 13.2 Å². The summed E-state index contributed by atoms with van der Waals surface area (Å²) >= 11 is 0. The summed E-state index contributed by atoms with van der Waals surface area (Å²) in [4.78, 5) is 0. The second-order valence-corrected chi connectivity index (χ2v) is 5.26. The lowest BCUT2D eigenvalue weighted by atomic mass is 9.94. The van der Waals surface area contributed by atoms with E-state index in [0.717, 1.165) is 30.5 Å². The Kier molecular flexibility index (Phi) is 4.04. The highest BCUT2D eigenvalue weighted by atomic mass is 16.6. The first-order valence-electron chi connectivity index (χ1n) is 7.16. The molecule has 0 radical (unpaired) electrons. The van der Waals surface area contributed by atoms with Crippen LogP contribution in [0.25, 0.3) is 0 Å². The number of fused-ring (bicyclic) bond motifs is 1. The van der Waals surface area contributed by atoms with Crippen molar-refractivity contribution >= 4 is 0 Å². The first-order chi connectivity index (χ1) is 9.42. The molecule has 1 atom stereocenters. The van der Waals surface area contributed by atoms with Gasteiger partial charge in [-0.25, -0.2) is 0 Å². The minimum atomic E-state index is 0.651. The molecule has 0 saturated carbocycles. The maximum absolute atomic E-state index is 5.60. The summed E-state index contributed by atoms with van der Waals surface area (Å²) in [6.07, 6.45) is 8.35. The van der Waals surface area contributed by atoms with Crippen molar-refractivity contribution in [3.05, 3.63) is 35.9 Å². The molecule has 0 saturated heterocycles. The number of allylic oxidation sites excluding steroid dienone is 2. The maximum atomic E-state index is 5.60. The molecule has 0 bridgehead atoms. The molecule has 0 spiro atoms. The largest absolute Gasteiger partial charge is 0.486 e. The fourth-order valence-electron chi connectivity index (χ4n) is 2.66. The van der Waals surface area contributed by atoms with Gasteiger partial charge in [0, 0.05) is 6.54 Å². The highest BCUT2D eigenvalue weighted by Gasteiger charge is 2.12. The minimum absolute atomic E-state index is 0.651. The van der Waals surface area contributed by atoms with Crippen LogP contribution in [0.1, 0.15) is 24.8 Å². The zero-order chi connectivity index (χ0) is 12.9. The minimum Gasteiger partial charge on any atom is -0.486 e. The van der Waals surface area contributed by atoms with Crippen LogP contribution in [0.4, 0.5) is 0 Å². The highest BCUT2D eigenvalue weighted by Crippen LogP contribution is 2.30. The van der Waals surface area contributed by atoms with Crippen LogP contribution in [0.5, 0.6) is 11.5 Å². The summed E-state index contributed by atoms with van der Waals surface area (Å²) in [6.45, 7) is 3.30. The van der Waals surface area contributed by atoms with Crippen molar-refractivity contribution in [2.45, 2.75) is 25.8 Å². The lowest BCUT2D eigenvalue weighted by Gasteiger charge is -2.20. The summed E-state index contributed by atoms with van der Waals surface area (Å²) in [5.41, 5.74) is 1.26. The van der Waals surface area contributed by atoms with Crippen LogP contribution in [-0.4, -0.2) is 19.8 Å². The van der Waals surface area contributed by atoms with E-state index in [0.29, 0.717) is 13.2 Å². The van der Waals surface area contributed by atoms with Gasteiger partial charge in [-0.05, 0) is 49.4 Å². The molecule has 1 aromatic carbocycles. The monoisotopic (exact) mass is 259 g/mol.